The highest BCUT2D eigenvalue weighted by Gasteiger charge is 2.29. The number of likely N-dealkylation sites (tertiary alicyclic amines) is 1. The van der Waals surface area contributed by atoms with Crippen LogP contribution in [0.1, 0.15) is 60.7 Å². The van der Waals surface area contributed by atoms with E-state index in [0.29, 0.717) is 41.4 Å². The summed E-state index contributed by atoms with van der Waals surface area (Å²) >= 11 is 0. The summed E-state index contributed by atoms with van der Waals surface area (Å²) in [6.45, 7) is 5.18. The van der Waals surface area contributed by atoms with Gasteiger partial charge in [0.2, 0.25) is 5.89 Å². The summed E-state index contributed by atoms with van der Waals surface area (Å²) in [5.74, 6) is 1.33. The third-order valence-corrected chi connectivity index (χ3v) is 4.99. The number of pyridine rings is 1. The molecule has 0 spiro atoms. The van der Waals surface area contributed by atoms with Gasteiger partial charge in [-0.25, -0.2) is 0 Å². The smallest absolute Gasteiger partial charge is 0.270 e. The lowest BCUT2D eigenvalue weighted by atomic mass is 9.97. The first-order valence-electron chi connectivity index (χ1n) is 9.28. The van der Waals surface area contributed by atoms with Crippen LogP contribution in [0.2, 0.25) is 0 Å². The van der Waals surface area contributed by atoms with Crippen LogP contribution in [0.3, 0.4) is 0 Å². The molecule has 1 fully saturated rings. The third kappa shape index (κ3) is 3.37. The van der Waals surface area contributed by atoms with Gasteiger partial charge in [-0.15, -0.1) is 0 Å². The molecule has 7 nitrogen and oxygen atoms in total. The molecule has 3 heterocycles. The molecule has 1 aliphatic heterocycles. The van der Waals surface area contributed by atoms with Crippen molar-refractivity contribution in [2.75, 3.05) is 13.1 Å². The molecule has 1 atom stereocenters. The molecule has 0 saturated carbocycles. The number of piperidine rings is 1. The minimum absolute atomic E-state index is 0.0473. The summed E-state index contributed by atoms with van der Waals surface area (Å²) in [6.07, 6.45) is 1.77. The number of benzene rings is 1. The minimum Gasteiger partial charge on any atom is -0.350 e. The Morgan fingerprint density at radius 2 is 2.15 bits per heavy atom. The van der Waals surface area contributed by atoms with Crippen LogP contribution in [0.5, 0.6) is 0 Å². The largest absolute Gasteiger partial charge is 0.350 e. The van der Waals surface area contributed by atoms with Crippen LogP contribution in [0, 0.1) is 0 Å². The van der Waals surface area contributed by atoms with Gasteiger partial charge in [-0.3, -0.25) is 9.59 Å². The maximum Gasteiger partial charge on any atom is 0.270 e. The summed E-state index contributed by atoms with van der Waals surface area (Å²) in [7, 11) is 0. The maximum absolute atomic E-state index is 13.0. The minimum atomic E-state index is -0.171. The van der Waals surface area contributed by atoms with E-state index in [2.05, 4.69) is 15.1 Å². The molecule has 0 radical (unpaired) electrons. The van der Waals surface area contributed by atoms with Gasteiger partial charge < -0.3 is 14.4 Å². The Hall–Kier alpha value is -2.96. The van der Waals surface area contributed by atoms with Crippen LogP contribution >= 0.6 is 0 Å². The van der Waals surface area contributed by atoms with Crippen molar-refractivity contribution in [3.8, 4) is 0 Å². The van der Waals surface area contributed by atoms with E-state index < -0.39 is 0 Å². The number of para-hydroxylation sites is 1. The number of rotatable bonds is 3. The van der Waals surface area contributed by atoms with E-state index in [9.17, 15) is 9.59 Å². The Morgan fingerprint density at radius 3 is 2.93 bits per heavy atom. The maximum atomic E-state index is 13.0. The van der Waals surface area contributed by atoms with Crippen molar-refractivity contribution in [1.29, 1.82) is 0 Å². The fourth-order valence-electron chi connectivity index (χ4n) is 3.50. The summed E-state index contributed by atoms with van der Waals surface area (Å²) in [6, 6.07) is 8.59. The summed E-state index contributed by atoms with van der Waals surface area (Å²) in [4.78, 5) is 34.6. The number of aromatic amines is 1. The first-order chi connectivity index (χ1) is 13.0. The third-order valence-electron chi connectivity index (χ3n) is 4.99. The van der Waals surface area contributed by atoms with Gasteiger partial charge in [0.1, 0.15) is 5.69 Å². The zero-order valence-electron chi connectivity index (χ0n) is 15.4. The fourth-order valence-corrected chi connectivity index (χ4v) is 3.50. The topological polar surface area (TPSA) is 92.1 Å². The van der Waals surface area contributed by atoms with Crippen LogP contribution in [0.25, 0.3) is 10.9 Å². The van der Waals surface area contributed by atoms with Crippen molar-refractivity contribution < 1.29 is 9.32 Å². The van der Waals surface area contributed by atoms with Gasteiger partial charge in [0.05, 0.1) is 0 Å². The molecule has 7 heteroatoms. The lowest BCUT2D eigenvalue weighted by Crippen LogP contribution is -2.40. The summed E-state index contributed by atoms with van der Waals surface area (Å²) in [5, 5.41) is 4.68. The van der Waals surface area contributed by atoms with Crippen LogP contribution < -0.4 is 5.43 Å². The second-order valence-electron chi connectivity index (χ2n) is 7.33. The molecule has 1 saturated heterocycles. The molecule has 2 aromatic heterocycles. The van der Waals surface area contributed by atoms with E-state index in [0.717, 1.165) is 12.8 Å². The van der Waals surface area contributed by atoms with Crippen molar-refractivity contribution in [2.24, 2.45) is 0 Å². The van der Waals surface area contributed by atoms with Crippen molar-refractivity contribution in [3.05, 3.63) is 58.0 Å². The van der Waals surface area contributed by atoms with E-state index in [1.807, 2.05) is 26.0 Å². The van der Waals surface area contributed by atoms with Gasteiger partial charge in [0.25, 0.3) is 5.91 Å². The number of aromatic nitrogens is 3. The van der Waals surface area contributed by atoms with Crippen LogP contribution in [-0.2, 0) is 0 Å². The summed E-state index contributed by atoms with van der Waals surface area (Å²) in [5.41, 5.74) is 0.831. The number of carbonyl (C=O) groups excluding carboxylic acids is 1. The van der Waals surface area contributed by atoms with Crippen molar-refractivity contribution in [2.45, 2.75) is 38.5 Å². The van der Waals surface area contributed by atoms with E-state index in [1.54, 1.807) is 17.0 Å². The van der Waals surface area contributed by atoms with Crippen molar-refractivity contribution in [3.63, 3.8) is 0 Å². The van der Waals surface area contributed by atoms with Gasteiger partial charge in [-0.1, -0.05) is 31.1 Å². The molecular weight excluding hydrogens is 344 g/mol. The van der Waals surface area contributed by atoms with E-state index in [-0.39, 0.29) is 23.2 Å². The van der Waals surface area contributed by atoms with Gasteiger partial charge in [0.15, 0.2) is 11.3 Å². The average molecular weight is 366 g/mol. The Morgan fingerprint density at radius 1 is 1.33 bits per heavy atom. The predicted octanol–water partition coefficient (Wildman–Crippen LogP) is 3.05. The molecule has 3 aromatic rings. The van der Waals surface area contributed by atoms with Crippen molar-refractivity contribution >= 4 is 16.8 Å². The molecule has 27 heavy (non-hydrogen) atoms. The molecule has 0 aliphatic carbocycles. The normalized spacial score (nSPS) is 17.6. The van der Waals surface area contributed by atoms with Crippen molar-refractivity contribution in [1.82, 2.24) is 20.0 Å². The molecule has 4 rings (SSSR count). The van der Waals surface area contributed by atoms with E-state index >= 15 is 0 Å². The quantitative estimate of drug-likeness (QED) is 0.769. The Bertz CT molecular complexity index is 1040. The Balaban J connectivity index is 1.57. The van der Waals surface area contributed by atoms with Gasteiger partial charge in [-0.2, -0.15) is 4.98 Å². The predicted molar refractivity (Wildman–Crippen MR) is 101 cm³/mol. The van der Waals surface area contributed by atoms with E-state index in [1.165, 1.54) is 6.07 Å². The first-order valence-corrected chi connectivity index (χ1v) is 9.28. The monoisotopic (exact) mass is 366 g/mol. The molecular formula is C20H22N4O3. The molecule has 1 aromatic carbocycles. The number of amides is 1. The molecule has 1 N–H and O–H groups in total. The molecule has 1 amide bonds. The number of carbonyl (C=O) groups is 1. The highest BCUT2D eigenvalue weighted by Crippen LogP contribution is 2.27. The Kier molecular flexibility index (Phi) is 4.51. The standard InChI is InChI=1S/C20H22N4O3/c1-12(2)19-22-18(23-27-19)13-6-5-9-24(11-13)20(26)16-10-17(25)14-7-3-4-8-15(14)21-16/h3-4,7-8,10,12-13H,5-6,9,11H2,1-2H3,(H,21,25). The molecule has 1 unspecified atom stereocenters. The lowest BCUT2D eigenvalue weighted by molar-refractivity contribution is 0.0698. The second kappa shape index (κ2) is 6.98. The summed E-state index contributed by atoms with van der Waals surface area (Å²) < 4.78 is 5.31. The number of hydrogen-bond donors (Lipinski definition) is 1. The van der Waals surface area contributed by atoms with E-state index in [4.69, 9.17) is 4.52 Å². The number of hydrogen-bond acceptors (Lipinski definition) is 5. The van der Waals surface area contributed by atoms with Gasteiger partial charge in [-0.05, 0) is 25.0 Å². The lowest BCUT2D eigenvalue weighted by Gasteiger charge is -2.31. The van der Waals surface area contributed by atoms with Gasteiger partial charge in [0, 0.05) is 41.9 Å². The van der Waals surface area contributed by atoms with Crippen LogP contribution in [0.15, 0.2) is 39.6 Å². The van der Waals surface area contributed by atoms with Crippen LogP contribution in [0.4, 0.5) is 0 Å². The average Bonchev–Trinajstić information content (AvgIpc) is 3.18. The number of nitrogens with zero attached hydrogens (tertiary/aromatic N) is 3. The highest BCUT2D eigenvalue weighted by molar-refractivity contribution is 5.95. The molecule has 140 valence electrons. The molecule has 1 aliphatic rings. The number of fused-ring (bicyclic) bond motifs is 1. The number of nitrogens with one attached hydrogen (secondary N) is 1. The molecule has 0 bridgehead atoms. The first kappa shape index (κ1) is 17.5. The zero-order chi connectivity index (χ0) is 19.0. The number of H-pyrrole nitrogens is 1. The fraction of sp³-hybridized carbons (Fsp3) is 0.400. The second-order valence-corrected chi connectivity index (χ2v) is 7.33. The Labute approximate surface area is 156 Å². The highest BCUT2D eigenvalue weighted by atomic mass is 16.5. The van der Waals surface area contributed by atoms with Gasteiger partial charge >= 0.3 is 0 Å². The SMILES string of the molecule is CC(C)c1nc(C2CCCN(C(=O)c3cc(=O)c4ccccc4[nH]3)C2)no1. The van der Waals surface area contributed by atoms with Crippen LogP contribution in [-0.4, -0.2) is 39.0 Å². The zero-order valence-corrected chi connectivity index (χ0v) is 15.4.